The molecule has 0 aliphatic carbocycles. The number of aliphatic hydroxyl groups excluding tert-OH is 1. The first kappa shape index (κ1) is 21.8. The number of rotatable bonds is 6. The van der Waals surface area contributed by atoms with Crippen LogP contribution in [0.3, 0.4) is 0 Å². The minimum Gasteiger partial charge on any atom is -0.487 e. The summed E-state index contributed by atoms with van der Waals surface area (Å²) in [4.78, 5) is 4.01. The highest BCUT2D eigenvalue weighted by atomic mass is 79.9. The predicted molar refractivity (Wildman–Crippen MR) is 108 cm³/mol. The normalized spacial score (nSPS) is 12.3. The van der Waals surface area contributed by atoms with Gasteiger partial charge in [-0.05, 0) is 29.8 Å². The molecule has 0 aliphatic heterocycles. The van der Waals surface area contributed by atoms with Crippen molar-refractivity contribution in [1.29, 1.82) is 5.26 Å². The molecule has 2 aromatic carbocycles. The second-order valence-electron chi connectivity index (χ2n) is 6.51. The first-order valence-electron chi connectivity index (χ1n) is 8.88. The summed E-state index contributed by atoms with van der Waals surface area (Å²) in [5.74, 6) is 0.236. The molecule has 0 fully saturated rings. The van der Waals surface area contributed by atoms with Crippen LogP contribution in [0.2, 0.25) is 0 Å². The highest BCUT2D eigenvalue weighted by Crippen LogP contribution is 2.35. The van der Waals surface area contributed by atoms with E-state index in [1.165, 1.54) is 6.07 Å². The van der Waals surface area contributed by atoms with Crippen LogP contribution in [0.25, 0.3) is 0 Å². The summed E-state index contributed by atoms with van der Waals surface area (Å²) in [5, 5.41) is 20.2. The van der Waals surface area contributed by atoms with Gasteiger partial charge in [0, 0.05) is 34.4 Å². The van der Waals surface area contributed by atoms with Gasteiger partial charge >= 0.3 is 6.18 Å². The second-order valence-corrected chi connectivity index (χ2v) is 7.36. The number of alkyl halides is 3. The van der Waals surface area contributed by atoms with E-state index in [4.69, 9.17) is 4.74 Å². The molecule has 1 unspecified atom stereocenters. The number of aliphatic hydroxyl groups is 1. The number of ether oxygens (including phenoxy) is 1. The number of aromatic nitrogens is 1. The number of halogens is 4. The third kappa shape index (κ3) is 5.17. The molecule has 0 radical (unpaired) electrons. The van der Waals surface area contributed by atoms with Crippen molar-refractivity contribution in [2.24, 2.45) is 0 Å². The SMILES string of the molecule is N#Cc1cccc(C(O)Cc2ccc(C(F)(F)F)cc2Br)c1OCc1cccnc1. The molecule has 4 nitrogen and oxygen atoms in total. The van der Waals surface area contributed by atoms with Gasteiger partial charge in [-0.15, -0.1) is 0 Å². The van der Waals surface area contributed by atoms with Gasteiger partial charge in [0.05, 0.1) is 17.2 Å². The fraction of sp³-hybridized carbons (Fsp3) is 0.182. The maximum absolute atomic E-state index is 12.9. The zero-order chi connectivity index (χ0) is 21.7. The summed E-state index contributed by atoms with van der Waals surface area (Å²) in [6, 6.07) is 13.7. The Hall–Kier alpha value is -2.89. The molecular weight excluding hydrogens is 461 g/mol. The fourth-order valence-electron chi connectivity index (χ4n) is 2.91. The van der Waals surface area contributed by atoms with Crippen LogP contribution in [0.1, 0.15) is 33.9 Å². The lowest BCUT2D eigenvalue weighted by Gasteiger charge is -2.18. The molecule has 0 saturated heterocycles. The Kier molecular flexibility index (Phi) is 6.75. The third-order valence-corrected chi connectivity index (χ3v) is 5.16. The molecule has 154 valence electrons. The van der Waals surface area contributed by atoms with Gasteiger partial charge in [0.25, 0.3) is 0 Å². The van der Waals surface area contributed by atoms with E-state index < -0.39 is 17.8 Å². The minimum absolute atomic E-state index is 0.0385. The molecule has 3 rings (SSSR count). The van der Waals surface area contributed by atoms with Crippen LogP contribution < -0.4 is 4.74 Å². The van der Waals surface area contributed by atoms with E-state index in [1.54, 1.807) is 36.7 Å². The summed E-state index contributed by atoms with van der Waals surface area (Å²) < 4.78 is 44.7. The van der Waals surface area contributed by atoms with E-state index in [0.717, 1.165) is 17.7 Å². The maximum Gasteiger partial charge on any atom is 0.416 e. The Bertz CT molecular complexity index is 1070. The van der Waals surface area contributed by atoms with Gasteiger partial charge in [-0.3, -0.25) is 4.98 Å². The van der Waals surface area contributed by atoms with Gasteiger partial charge in [-0.1, -0.05) is 40.2 Å². The number of para-hydroxylation sites is 1. The van der Waals surface area contributed by atoms with Crippen molar-refractivity contribution in [3.05, 3.63) is 93.2 Å². The zero-order valence-corrected chi connectivity index (χ0v) is 17.1. The molecule has 30 heavy (non-hydrogen) atoms. The van der Waals surface area contributed by atoms with Crippen LogP contribution in [0.5, 0.6) is 5.75 Å². The summed E-state index contributed by atoms with van der Waals surface area (Å²) in [5.41, 5.74) is 1.14. The third-order valence-electron chi connectivity index (χ3n) is 4.42. The number of pyridine rings is 1. The Labute approximate surface area is 179 Å². The van der Waals surface area contributed by atoms with Crippen LogP contribution in [-0.2, 0) is 19.2 Å². The van der Waals surface area contributed by atoms with Crippen LogP contribution in [0, 0.1) is 11.3 Å². The zero-order valence-electron chi connectivity index (χ0n) is 15.5. The van der Waals surface area contributed by atoms with E-state index in [2.05, 4.69) is 20.9 Å². The van der Waals surface area contributed by atoms with E-state index in [-0.39, 0.29) is 28.8 Å². The Morgan fingerprint density at radius 1 is 1.17 bits per heavy atom. The fourth-order valence-corrected chi connectivity index (χ4v) is 3.45. The molecule has 8 heteroatoms. The predicted octanol–water partition coefficient (Wildman–Crippen LogP) is 5.59. The molecule has 0 bridgehead atoms. The second kappa shape index (κ2) is 9.28. The first-order valence-corrected chi connectivity index (χ1v) is 9.67. The Morgan fingerprint density at radius 2 is 1.97 bits per heavy atom. The molecule has 0 saturated carbocycles. The van der Waals surface area contributed by atoms with Gasteiger partial charge in [-0.25, -0.2) is 0 Å². The summed E-state index contributed by atoms with van der Waals surface area (Å²) in [6.45, 7) is 0.149. The number of benzene rings is 2. The van der Waals surface area contributed by atoms with Crippen LogP contribution in [0.15, 0.2) is 65.4 Å². The van der Waals surface area contributed by atoms with Gasteiger partial charge in [-0.2, -0.15) is 18.4 Å². The maximum atomic E-state index is 12.9. The van der Waals surface area contributed by atoms with Gasteiger partial charge in [0.1, 0.15) is 18.4 Å². The van der Waals surface area contributed by atoms with Crippen molar-refractivity contribution in [1.82, 2.24) is 4.98 Å². The van der Waals surface area contributed by atoms with E-state index in [0.29, 0.717) is 11.1 Å². The molecule has 1 atom stereocenters. The molecular formula is C22H16BrF3N2O2. The average molecular weight is 477 g/mol. The largest absolute Gasteiger partial charge is 0.487 e. The Balaban J connectivity index is 1.85. The topological polar surface area (TPSA) is 66.1 Å². The highest BCUT2D eigenvalue weighted by Gasteiger charge is 2.31. The quantitative estimate of drug-likeness (QED) is 0.503. The lowest BCUT2D eigenvalue weighted by atomic mass is 9.98. The van der Waals surface area contributed by atoms with Crippen LogP contribution in [-0.4, -0.2) is 10.1 Å². The van der Waals surface area contributed by atoms with Crippen molar-refractivity contribution in [3.8, 4) is 11.8 Å². The highest BCUT2D eigenvalue weighted by molar-refractivity contribution is 9.10. The van der Waals surface area contributed by atoms with Crippen LogP contribution >= 0.6 is 15.9 Å². The summed E-state index contributed by atoms with van der Waals surface area (Å²) in [6.07, 6.45) is -2.24. The standard InChI is InChI=1S/C22H16BrF3N2O2/c23-19-10-17(22(24,25)26)7-6-15(19)9-20(29)18-5-1-4-16(11-27)21(18)30-13-14-3-2-8-28-12-14/h1-8,10,12,20,29H,9,13H2. The monoisotopic (exact) mass is 476 g/mol. The van der Waals surface area contributed by atoms with Crippen molar-refractivity contribution >= 4 is 15.9 Å². The van der Waals surface area contributed by atoms with E-state index >= 15 is 0 Å². The number of nitriles is 1. The lowest BCUT2D eigenvalue weighted by molar-refractivity contribution is -0.137. The van der Waals surface area contributed by atoms with Crippen LogP contribution in [0.4, 0.5) is 13.2 Å². The van der Waals surface area contributed by atoms with Crippen molar-refractivity contribution in [2.45, 2.75) is 25.3 Å². The molecule has 1 heterocycles. The average Bonchev–Trinajstić information content (AvgIpc) is 2.73. The van der Waals surface area contributed by atoms with Gasteiger partial charge in [0.15, 0.2) is 0 Å². The van der Waals surface area contributed by atoms with Crippen molar-refractivity contribution in [3.63, 3.8) is 0 Å². The molecule has 0 aliphatic rings. The minimum atomic E-state index is -4.45. The molecule has 1 aromatic heterocycles. The molecule has 0 amide bonds. The molecule has 3 aromatic rings. The lowest BCUT2D eigenvalue weighted by Crippen LogP contribution is -2.09. The number of hydrogen-bond acceptors (Lipinski definition) is 4. The van der Waals surface area contributed by atoms with Gasteiger partial charge in [0.2, 0.25) is 0 Å². The number of nitrogens with zero attached hydrogens (tertiary/aromatic N) is 2. The van der Waals surface area contributed by atoms with E-state index in [1.807, 2.05) is 12.1 Å². The number of hydrogen-bond donors (Lipinski definition) is 1. The van der Waals surface area contributed by atoms with E-state index in [9.17, 15) is 23.5 Å². The van der Waals surface area contributed by atoms with Crippen molar-refractivity contribution in [2.75, 3.05) is 0 Å². The first-order chi connectivity index (χ1) is 14.3. The Morgan fingerprint density at radius 3 is 2.60 bits per heavy atom. The molecule has 1 N–H and O–H groups in total. The smallest absolute Gasteiger partial charge is 0.416 e. The van der Waals surface area contributed by atoms with Crippen molar-refractivity contribution < 1.29 is 23.0 Å². The molecule has 0 spiro atoms. The summed E-state index contributed by atoms with van der Waals surface area (Å²) in [7, 11) is 0. The van der Waals surface area contributed by atoms with Gasteiger partial charge < -0.3 is 9.84 Å². The summed E-state index contributed by atoms with van der Waals surface area (Å²) >= 11 is 3.15.